The van der Waals surface area contributed by atoms with Gasteiger partial charge in [-0.2, -0.15) is 5.26 Å². The lowest BCUT2D eigenvalue weighted by molar-refractivity contribution is -0.139. The molecule has 3 rings (SSSR count). The zero-order chi connectivity index (χ0) is 23.3. The highest BCUT2D eigenvalue weighted by molar-refractivity contribution is 6.42. The number of allylic oxidation sites excluding steroid dienone is 3. The first kappa shape index (κ1) is 23.9. The minimum atomic E-state index is -0.651. The summed E-state index contributed by atoms with van der Waals surface area (Å²) in [5.74, 6) is -1.13. The molecule has 0 fully saturated rings. The number of esters is 1. The molecule has 0 amide bonds. The number of hydrogen-bond acceptors (Lipinski definition) is 5. The number of nitrogens with one attached hydrogen (secondary N) is 1. The summed E-state index contributed by atoms with van der Waals surface area (Å²) in [4.78, 5) is 15.2. The first-order valence-electron chi connectivity index (χ1n) is 10.3. The van der Waals surface area contributed by atoms with Gasteiger partial charge in [0.1, 0.15) is 6.61 Å². The largest absolute Gasteiger partial charge is 0.461 e. The van der Waals surface area contributed by atoms with Gasteiger partial charge in [-0.25, -0.2) is 4.79 Å². The molecule has 0 aliphatic carbocycles. The molecule has 7 heteroatoms. The summed E-state index contributed by atoms with van der Waals surface area (Å²) < 4.78 is 5.62. The molecule has 0 saturated carbocycles. The molecule has 0 saturated heterocycles. The Balaban J connectivity index is 1.78. The van der Waals surface area contributed by atoms with Crippen LogP contribution in [-0.2, 0) is 16.1 Å². The van der Waals surface area contributed by atoms with Crippen molar-refractivity contribution in [2.45, 2.75) is 26.3 Å². The summed E-state index contributed by atoms with van der Waals surface area (Å²) in [6.45, 7) is 5.14. The molecule has 1 heterocycles. The highest BCUT2D eigenvalue weighted by atomic mass is 35.5. The second-order valence-electron chi connectivity index (χ2n) is 7.75. The van der Waals surface area contributed by atoms with Gasteiger partial charge in [0.25, 0.3) is 0 Å². The molecule has 1 unspecified atom stereocenters. The standard InChI is InChI=1S/C25H25Cl2N3O2/c1-16-20(14-28)23(19-10-7-11-21(26)24(19)27)22(17(2)29-16)25(31)32-13-12-30(3)15-18-8-5-4-6-9-18/h4-11,23,29H,12-13,15H2,1-3H3. The minimum Gasteiger partial charge on any atom is -0.461 e. The molecule has 2 aromatic rings. The van der Waals surface area contributed by atoms with Gasteiger partial charge in [0, 0.05) is 24.5 Å². The zero-order valence-electron chi connectivity index (χ0n) is 18.3. The van der Waals surface area contributed by atoms with E-state index in [4.69, 9.17) is 27.9 Å². The molecule has 1 aliphatic heterocycles. The Morgan fingerprint density at radius 3 is 2.53 bits per heavy atom. The van der Waals surface area contributed by atoms with Crippen molar-refractivity contribution >= 4 is 29.2 Å². The lowest BCUT2D eigenvalue weighted by atomic mass is 9.81. The molecule has 1 N–H and O–H groups in total. The number of halogens is 2. The van der Waals surface area contributed by atoms with Crippen molar-refractivity contribution < 1.29 is 9.53 Å². The number of carbonyl (C=O) groups excluding carboxylic acids is 1. The molecular weight excluding hydrogens is 445 g/mol. The summed E-state index contributed by atoms with van der Waals surface area (Å²) in [5, 5.41) is 13.6. The van der Waals surface area contributed by atoms with Crippen molar-refractivity contribution in [3.8, 4) is 6.07 Å². The molecule has 5 nitrogen and oxygen atoms in total. The normalized spacial score (nSPS) is 16.1. The quantitative estimate of drug-likeness (QED) is 0.547. The van der Waals surface area contributed by atoms with Crippen LogP contribution >= 0.6 is 23.2 Å². The Hall–Kier alpha value is -2.78. The van der Waals surface area contributed by atoms with Gasteiger partial charge in [0.05, 0.1) is 33.2 Å². The molecular formula is C25H25Cl2N3O2. The second kappa shape index (κ2) is 10.7. The highest BCUT2D eigenvalue weighted by Gasteiger charge is 2.35. The van der Waals surface area contributed by atoms with Crippen LogP contribution in [0.1, 0.15) is 30.9 Å². The first-order valence-corrected chi connectivity index (χ1v) is 11.0. The molecule has 1 aliphatic rings. The molecule has 0 aromatic heterocycles. The number of ether oxygens (including phenoxy) is 1. The van der Waals surface area contributed by atoms with Gasteiger partial charge in [-0.05, 0) is 38.1 Å². The van der Waals surface area contributed by atoms with Crippen molar-refractivity contribution in [3.63, 3.8) is 0 Å². The van der Waals surface area contributed by atoms with Crippen molar-refractivity contribution in [2.24, 2.45) is 0 Å². The third kappa shape index (κ3) is 5.34. The van der Waals surface area contributed by atoms with Crippen molar-refractivity contribution in [1.29, 1.82) is 5.26 Å². The Labute approximate surface area is 198 Å². The average Bonchev–Trinajstić information content (AvgIpc) is 2.76. The van der Waals surface area contributed by atoms with Crippen LogP contribution in [0, 0.1) is 11.3 Å². The lowest BCUT2D eigenvalue weighted by Crippen LogP contribution is -2.30. The van der Waals surface area contributed by atoms with Gasteiger partial charge in [0.15, 0.2) is 0 Å². The monoisotopic (exact) mass is 469 g/mol. The van der Waals surface area contributed by atoms with E-state index < -0.39 is 11.9 Å². The van der Waals surface area contributed by atoms with Crippen LogP contribution in [-0.4, -0.2) is 31.1 Å². The summed E-state index contributed by atoms with van der Waals surface area (Å²) in [6.07, 6.45) is 0. The van der Waals surface area contributed by atoms with Gasteiger partial charge < -0.3 is 10.1 Å². The number of nitriles is 1. The number of carbonyl (C=O) groups is 1. The Kier molecular flexibility index (Phi) is 7.98. The average molecular weight is 470 g/mol. The Bertz CT molecular complexity index is 1100. The number of benzene rings is 2. The lowest BCUT2D eigenvalue weighted by Gasteiger charge is -2.29. The van der Waals surface area contributed by atoms with Gasteiger partial charge in [-0.15, -0.1) is 0 Å². The number of dihydropyridines is 1. The summed E-state index contributed by atoms with van der Waals surface area (Å²) in [6, 6.07) is 17.5. The van der Waals surface area contributed by atoms with Gasteiger partial charge in [-0.3, -0.25) is 4.90 Å². The van der Waals surface area contributed by atoms with E-state index in [-0.39, 0.29) is 6.61 Å². The molecule has 0 spiro atoms. The van der Waals surface area contributed by atoms with Gasteiger partial charge in [0.2, 0.25) is 0 Å². The van der Waals surface area contributed by atoms with E-state index in [0.29, 0.717) is 44.7 Å². The predicted octanol–water partition coefficient (Wildman–Crippen LogP) is 5.43. The maximum atomic E-state index is 13.1. The highest BCUT2D eigenvalue weighted by Crippen LogP contribution is 2.42. The van der Waals surface area contributed by atoms with E-state index in [0.717, 1.165) is 6.54 Å². The van der Waals surface area contributed by atoms with E-state index in [1.165, 1.54) is 5.56 Å². The van der Waals surface area contributed by atoms with Crippen molar-refractivity contribution in [3.05, 3.63) is 92.2 Å². The van der Waals surface area contributed by atoms with Crippen molar-refractivity contribution in [1.82, 2.24) is 10.2 Å². The third-order valence-corrected chi connectivity index (χ3v) is 6.23. The fraction of sp³-hybridized carbons (Fsp3) is 0.280. The maximum Gasteiger partial charge on any atom is 0.336 e. The second-order valence-corrected chi connectivity index (χ2v) is 8.53. The fourth-order valence-electron chi connectivity index (χ4n) is 3.81. The maximum absolute atomic E-state index is 13.1. The molecule has 0 radical (unpaired) electrons. The van der Waals surface area contributed by atoms with E-state index in [1.807, 2.05) is 25.2 Å². The minimum absolute atomic E-state index is 0.222. The SMILES string of the molecule is CC1=C(C#N)C(c2cccc(Cl)c2Cl)C(C(=O)OCCN(C)Cc2ccccc2)=C(C)N1. The zero-order valence-corrected chi connectivity index (χ0v) is 19.8. The molecule has 32 heavy (non-hydrogen) atoms. The van der Waals surface area contributed by atoms with Crippen LogP contribution in [0.2, 0.25) is 10.0 Å². The number of rotatable bonds is 7. The summed E-state index contributed by atoms with van der Waals surface area (Å²) >= 11 is 12.7. The number of likely N-dealkylation sites (N-methyl/N-ethyl adjacent to an activating group) is 1. The van der Waals surface area contributed by atoms with Crippen LogP contribution in [0.5, 0.6) is 0 Å². The van der Waals surface area contributed by atoms with Gasteiger partial charge >= 0.3 is 5.97 Å². The summed E-state index contributed by atoms with van der Waals surface area (Å²) in [5.41, 5.74) is 3.86. The number of hydrogen-bond donors (Lipinski definition) is 1. The Morgan fingerprint density at radius 2 is 1.84 bits per heavy atom. The molecule has 166 valence electrons. The number of nitrogens with zero attached hydrogens (tertiary/aromatic N) is 2. The van der Waals surface area contributed by atoms with E-state index in [1.54, 1.807) is 32.0 Å². The molecule has 2 aromatic carbocycles. The fourth-order valence-corrected chi connectivity index (χ4v) is 4.23. The predicted molar refractivity (Wildman–Crippen MR) is 127 cm³/mol. The topological polar surface area (TPSA) is 65.4 Å². The van der Waals surface area contributed by atoms with Crippen LogP contribution in [0.25, 0.3) is 0 Å². The Morgan fingerprint density at radius 1 is 1.12 bits per heavy atom. The van der Waals surface area contributed by atoms with Crippen LogP contribution in [0.15, 0.2) is 71.1 Å². The van der Waals surface area contributed by atoms with Gasteiger partial charge in [-0.1, -0.05) is 65.7 Å². The smallest absolute Gasteiger partial charge is 0.336 e. The van der Waals surface area contributed by atoms with Crippen molar-refractivity contribution in [2.75, 3.05) is 20.2 Å². The third-order valence-electron chi connectivity index (χ3n) is 5.39. The van der Waals surface area contributed by atoms with Crippen LogP contribution < -0.4 is 5.32 Å². The molecule has 0 bridgehead atoms. The van der Waals surface area contributed by atoms with E-state index in [2.05, 4.69) is 28.4 Å². The van der Waals surface area contributed by atoms with Crippen LogP contribution in [0.4, 0.5) is 0 Å². The van der Waals surface area contributed by atoms with E-state index in [9.17, 15) is 10.1 Å². The van der Waals surface area contributed by atoms with E-state index >= 15 is 0 Å². The summed E-state index contributed by atoms with van der Waals surface area (Å²) in [7, 11) is 1.97. The first-order chi connectivity index (χ1) is 15.3. The van der Waals surface area contributed by atoms with Crippen LogP contribution in [0.3, 0.4) is 0 Å². The molecule has 1 atom stereocenters.